The SMILES string of the molecule is NCc1cc2ccccc2n1Cc1cc(Cl)ccc1Cl. The molecule has 0 spiro atoms. The van der Waals surface area contributed by atoms with E-state index in [0.29, 0.717) is 18.1 Å². The van der Waals surface area contributed by atoms with Crippen molar-refractivity contribution in [3.8, 4) is 0 Å². The Bertz CT molecular complexity index is 762. The lowest BCUT2D eigenvalue weighted by molar-refractivity contribution is 0.768. The zero-order valence-corrected chi connectivity index (χ0v) is 12.3. The zero-order chi connectivity index (χ0) is 14.1. The first-order valence-electron chi connectivity index (χ1n) is 6.40. The van der Waals surface area contributed by atoms with Crippen LogP contribution in [0.15, 0.2) is 48.5 Å². The standard InChI is InChI=1S/C16H14Cl2N2/c17-13-5-6-15(18)12(7-13)10-20-14(9-19)8-11-3-1-2-4-16(11)20/h1-8H,9-10,19H2. The number of para-hydroxylation sites is 1. The van der Waals surface area contributed by atoms with Crippen LogP contribution in [0.25, 0.3) is 10.9 Å². The lowest BCUT2D eigenvalue weighted by atomic mass is 10.2. The summed E-state index contributed by atoms with van der Waals surface area (Å²) >= 11 is 12.3. The summed E-state index contributed by atoms with van der Waals surface area (Å²) in [7, 11) is 0. The lowest BCUT2D eigenvalue weighted by Crippen LogP contribution is -2.08. The molecule has 0 fully saturated rings. The molecule has 1 heterocycles. The number of benzene rings is 2. The molecule has 0 aliphatic carbocycles. The van der Waals surface area contributed by atoms with E-state index in [1.807, 2.05) is 24.3 Å². The topological polar surface area (TPSA) is 30.9 Å². The van der Waals surface area contributed by atoms with Crippen molar-refractivity contribution in [2.45, 2.75) is 13.1 Å². The number of hydrogen-bond donors (Lipinski definition) is 1. The zero-order valence-electron chi connectivity index (χ0n) is 10.8. The molecule has 0 saturated carbocycles. The van der Waals surface area contributed by atoms with E-state index in [1.54, 1.807) is 6.07 Å². The summed E-state index contributed by atoms with van der Waals surface area (Å²) in [5.74, 6) is 0. The summed E-state index contributed by atoms with van der Waals surface area (Å²) in [6.07, 6.45) is 0. The van der Waals surface area contributed by atoms with E-state index in [-0.39, 0.29) is 0 Å². The highest BCUT2D eigenvalue weighted by Gasteiger charge is 2.10. The molecule has 0 saturated heterocycles. The highest BCUT2D eigenvalue weighted by molar-refractivity contribution is 6.33. The highest BCUT2D eigenvalue weighted by Crippen LogP contribution is 2.25. The van der Waals surface area contributed by atoms with Gasteiger partial charge in [-0.25, -0.2) is 0 Å². The Labute approximate surface area is 127 Å². The summed E-state index contributed by atoms with van der Waals surface area (Å²) in [5, 5.41) is 2.59. The molecule has 1 aromatic heterocycles. The number of fused-ring (bicyclic) bond motifs is 1. The van der Waals surface area contributed by atoms with Gasteiger partial charge >= 0.3 is 0 Å². The fraction of sp³-hybridized carbons (Fsp3) is 0.125. The molecule has 0 amide bonds. The van der Waals surface area contributed by atoms with Crippen molar-refractivity contribution in [1.82, 2.24) is 4.57 Å². The van der Waals surface area contributed by atoms with Gasteiger partial charge in [0, 0.05) is 34.3 Å². The Hall–Kier alpha value is -1.48. The lowest BCUT2D eigenvalue weighted by Gasteiger charge is -2.11. The molecule has 0 aliphatic rings. The predicted molar refractivity (Wildman–Crippen MR) is 85.4 cm³/mol. The number of aromatic nitrogens is 1. The number of nitrogens with two attached hydrogens (primary N) is 1. The number of nitrogens with zero attached hydrogens (tertiary/aromatic N) is 1. The fourth-order valence-electron chi connectivity index (χ4n) is 2.46. The third-order valence-corrected chi connectivity index (χ3v) is 4.05. The molecule has 0 bridgehead atoms. The number of hydrogen-bond acceptors (Lipinski definition) is 1. The molecule has 0 unspecified atom stereocenters. The average Bonchev–Trinajstić information content (AvgIpc) is 2.81. The second-order valence-electron chi connectivity index (χ2n) is 4.72. The van der Waals surface area contributed by atoms with Crippen LogP contribution < -0.4 is 5.73 Å². The van der Waals surface area contributed by atoms with Gasteiger partial charge in [0.05, 0.1) is 0 Å². The van der Waals surface area contributed by atoms with Gasteiger partial charge in [0.1, 0.15) is 0 Å². The van der Waals surface area contributed by atoms with Crippen LogP contribution in [-0.2, 0) is 13.1 Å². The Morgan fingerprint density at radius 3 is 2.60 bits per heavy atom. The van der Waals surface area contributed by atoms with Gasteiger partial charge in [-0.3, -0.25) is 0 Å². The largest absolute Gasteiger partial charge is 0.339 e. The van der Waals surface area contributed by atoms with Crippen LogP contribution in [0, 0.1) is 0 Å². The summed E-state index contributed by atoms with van der Waals surface area (Å²) < 4.78 is 2.19. The average molecular weight is 305 g/mol. The summed E-state index contributed by atoms with van der Waals surface area (Å²) in [5.41, 5.74) is 9.09. The van der Waals surface area contributed by atoms with E-state index in [4.69, 9.17) is 28.9 Å². The van der Waals surface area contributed by atoms with Gasteiger partial charge in [-0.15, -0.1) is 0 Å². The third-order valence-electron chi connectivity index (χ3n) is 3.44. The molecule has 0 radical (unpaired) electrons. The first-order chi connectivity index (χ1) is 9.69. The Balaban J connectivity index is 2.12. The molecular weight excluding hydrogens is 291 g/mol. The highest BCUT2D eigenvalue weighted by atomic mass is 35.5. The first kappa shape index (κ1) is 13.5. The van der Waals surface area contributed by atoms with E-state index in [0.717, 1.165) is 21.8 Å². The summed E-state index contributed by atoms with van der Waals surface area (Å²) in [6.45, 7) is 1.16. The van der Waals surface area contributed by atoms with Crippen LogP contribution >= 0.6 is 23.2 Å². The van der Waals surface area contributed by atoms with E-state index in [2.05, 4.69) is 22.8 Å². The fourth-order valence-corrected chi connectivity index (χ4v) is 2.83. The van der Waals surface area contributed by atoms with Gasteiger partial charge in [-0.05, 0) is 41.3 Å². The third kappa shape index (κ3) is 2.42. The van der Waals surface area contributed by atoms with E-state index in [1.165, 1.54) is 5.39 Å². The molecule has 102 valence electrons. The van der Waals surface area contributed by atoms with Crippen LogP contribution in [0.2, 0.25) is 10.0 Å². The van der Waals surface area contributed by atoms with Crippen molar-refractivity contribution in [3.63, 3.8) is 0 Å². The summed E-state index contributed by atoms with van der Waals surface area (Å²) in [4.78, 5) is 0. The number of halogens is 2. The molecule has 3 aromatic rings. The molecule has 3 rings (SSSR count). The second-order valence-corrected chi connectivity index (χ2v) is 5.56. The van der Waals surface area contributed by atoms with Gasteiger partial charge in [-0.1, -0.05) is 41.4 Å². The normalized spacial score (nSPS) is 11.2. The van der Waals surface area contributed by atoms with Crippen LogP contribution in [0.4, 0.5) is 0 Å². The molecule has 2 N–H and O–H groups in total. The molecular formula is C16H14Cl2N2. The molecule has 2 aromatic carbocycles. The molecule has 2 nitrogen and oxygen atoms in total. The van der Waals surface area contributed by atoms with Crippen molar-refractivity contribution in [2.24, 2.45) is 5.73 Å². The van der Waals surface area contributed by atoms with Crippen molar-refractivity contribution in [2.75, 3.05) is 0 Å². The van der Waals surface area contributed by atoms with Gasteiger partial charge < -0.3 is 10.3 Å². The van der Waals surface area contributed by atoms with E-state index in [9.17, 15) is 0 Å². The number of rotatable bonds is 3. The first-order valence-corrected chi connectivity index (χ1v) is 7.16. The Kier molecular flexibility index (Phi) is 3.70. The minimum atomic E-state index is 0.493. The Morgan fingerprint density at radius 2 is 1.80 bits per heavy atom. The monoisotopic (exact) mass is 304 g/mol. The molecule has 20 heavy (non-hydrogen) atoms. The smallest absolute Gasteiger partial charge is 0.0494 e. The maximum atomic E-state index is 6.26. The molecule has 0 atom stereocenters. The van der Waals surface area contributed by atoms with Crippen LogP contribution in [0.5, 0.6) is 0 Å². The van der Waals surface area contributed by atoms with Crippen molar-refractivity contribution >= 4 is 34.1 Å². The van der Waals surface area contributed by atoms with Gasteiger partial charge in [0.15, 0.2) is 0 Å². The van der Waals surface area contributed by atoms with Crippen molar-refractivity contribution in [3.05, 3.63) is 69.8 Å². The van der Waals surface area contributed by atoms with Crippen LogP contribution in [-0.4, -0.2) is 4.57 Å². The summed E-state index contributed by atoms with van der Waals surface area (Å²) in [6, 6.07) is 15.9. The predicted octanol–water partition coefficient (Wildman–Crippen LogP) is 4.46. The maximum absolute atomic E-state index is 6.26. The minimum Gasteiger partial charge on any atom is -0.339 e. The van der Waals surface area contributed by atoms with Gasteiger partial charge in [0.25, 0.3) is 0 Å². The van der Waals surface area contributed by atoms with Crippen molar-refractivity contribution < 1.29 is 0 Å². The van der Waals surface area contributed by atoms with Crippen LogP contribution in [0.1, 0.15) is 11.3 Å². The maximum Gasteiger partial charge on any atom is 0.0494 e. The van der Waals surface area contributed by atoms with E-state index < -0.39 is 0 Å². The Morgan fingerprint density at radius 1 is 1.00 bits per heavy atom. The van der Waals surface area contributed by atoms with Crippen molar-refractivity contribution in [1.29, 1.82) is 0 Å². The minimum absolute atomic E-state index is 0.493. The molecule has 4 heteroatoms. The quantitative estimate of drug-likeness (QED) is 0.761. The van der Waals surface area contributed by atoms with E-state index >= 15 is 0 Å². The molecule has 0 aliphatic heterocycles. The second kappa shape index (κ2) is 5.49. The van der Waals surface area contributed by atoms with Gasteiger partial charge in [-0.2, -0.15) is 0 Å². The van der Waals surface area contributed by atoms with Gasteiger partial charge in [0.2, 0.25) is 0 Å². The van der Waals surface area contributed by atoms with Crippen LogP contribution in [0.3, 0.4) is 0 Å².